The normalized spacial score (nSPS) is 10.7. The van der Waals surface area contributed by atoms with Gasteiger partial charge in [0, 0.05) is 23.7 Å². The minimum absolute atomic E-state index is 0.0837. The van der Waals surface area contributed by atoms with Crippen molar-refractivity contribution in [1.29, 1.82) is 0 Å². The Kier molecular flexibility index (Phi) is 11.2. The van der Waals surface area contributed by atoms with Crippen LogP contribution in [0, 0.1) is 0 Å². The summed E-state index contributed by atoms with van der Waals surface area (Å²) in [6.45, 7) is 6.22. The summed E-state index contributed by atoms with van der Waals surface area (Å²) in [6, 6.07) is 15.8. The quantitative estimate of drug-likeness (QED) is 0.211. The van der Waals surface area contributed by atoms with Gasteiger partial charge in [0.05, 0.1) is 17.8 Å². The summed E-state index contributed by atoms with van der Waals surface area (Å²) >= 11 is 6.01. The molecule has 43 heavy (non-hydrogen) atoms. The first-order chi connectivity index (χ1) is 20.4. The molecule has 12 nitrogen and oxygen atoms in total. The molecule has 0 bridgehead atoms. The second-order valence-corrected chi connectivity index (χ2v) is 10.6. The van der Waals surface area contributed by atoms with Crippen LogP contribution in [0.4, 0.5) is 10.5 Å². The number of primary amides is 1. The Hall–Kier alpha value is -4.97. The summed E-state index contributed by atoms with van der Waals surface area (Å²) in [5.41, 5.74) is 5.79. The van der Waals surface area contributed by atoms with E-state index in [2.05, 4.69) is 37.7 Å². The number of aromatic nitrogens is 3. The predicted molar refractivity (Wildman–Crippen MR) is 164 cm³/mol. The molecule has 2 heterocycles. The number of alkyl carbamates (subject to hydrolysis) is 1. The van der Waals surface area contributed by atoms with Gasteiger partial charge in [0.2, 0.25) is 5.91 Å². The second kappa shape index (κ2) is 14.8. The van der Waals surface area contributed by atoms with E-state index in [9.17, 15) is 19.2 Å². The van der Waals surface area contributed by atoms with E-state index in [1.165, 1.54) is 43.1 Å². The van der Waals surface area contributed by atoms with Gasteiger partial charge in [0.1, 0.15) is 16.8 Å². The number of aromatic amines is 1. The van der Waals surface area contributed by atoms with E-state index in [0.29, 0.717) is 11.9 Å². The molecule has 0 saturated carbocycles. The highest BCUT2D eigenvalue weighted by atomic mass is 35.5. The van der Waals surface area contributed by atoms with Gasteiger partial charge < -0.3 is 30.8 Å². The van der Waals surface area contributed by atoms with Crippen molar-refractivity contribution < 1.29 is 23.9 Å². The number of amides is 3. The summed E-state index contributed by atoms with van der Waals surface area (Å²) in [4.78, 5) is 57.7. The molecule has 0 aliphatic heterocycles. The van der Waals surface area contributed by atoms with E-state index in [4.69, 9.17) is 26.8 Å². The Morgan fingerprint density at radius 2 is 1.79 bits per heavy atom. The van der Waals surface area contributed by atoms with Crippen molar-refractivity contribution in [3.8, 4) is 6.01 Å². The van der Waals surface area contributed by atoms with Crippen molar-refractivity contribution in [3.05, 3.63) is 92.9 Å². The maximum atomic E-state index is 12.5. The Morgan fingerprint density at radius 1 is 1.07 bits per heavy atom. The van der Waals surface area contributed by atoms with E-state index in [0.717, 1.165) is 12.8 Å². The van der Waals surface area contributed by atoms with Crippen molar-refractivity contribution in [3.63, 3.8) is 0 Å². The number of carbonyl (C=O) groups excluding carboxylic acids is 3. The van der Waals surface area contributed by atoms with Gasteiger partial charge in [-0.05, 0) is 63.4 Å². The average molecular weight is 609 g/mol. The fourth-order valence-electron chi connectivity index (χ4n) is 3.65. The number of benzene rings is 2. The molecule has 226 valence electrons. The first-order valence-corrected chi connectivity index (χ1v) is 13.6. The first-order valence-electron chi connectivity index (χ1n) is 13.2. The predicted octanol–water partition coefficient (Wildman–Crippen LogP) is 4.48. The molecular weight excluding hydrogens is 576 g/mol. The monoisotopic (exact) mass is 608 g/mol. The average Bonchev–Trinajstić information content (AvgIpc) is 2.95. The number of aryl methyl sites for hydroxylation is 1. The lowest BCUT2D eigenvalue weighted by atomic mass is 10.1. The van der Waals surface area contributed by atoms with Crippen LogP contribution in [-0.4, -0.2) is 52.1 Å². The van der Waals surface area contributed by atoms with Crippen molar-refractivity contribution in [2.75, 3.05) is 19.0 Å². The molecule has 4 aromatic rings. The number of rotatable bonds is 8. The molecule has 2 aromatic heterocycles. The van der Waals surface area contributed by atoms with Gasteiger partial charge in [0.15, 0.2) is 0 Å². The fraction of sp³-hybridized carbons (Fsp3) is 0.267. The summed E-state index contributed by atoms with van der Waals surface area (Å²) in [6.07, 6.45) is 2.96. The lowest BCUT2D eigenvalue weighted by Crippen LogP contribution is -2.33. The number of fused-ring (bicyclic) bond motifs is 1. The number of pyridine rings is 1. The highest BCUT2D eigenvalue weighted by molar-refractivity contribution is 6.34. The number of hydrogen-bond donors (Lipinski definition) is 4. The topological polar surface area (TPSA) is 178 Å². The number of methoxy groups -OCH3 is 1. The Bertz CT molecular complexity index is 1650. The molecule has 5 N–H and O–H groups in total. The molecule has 0 saturated heterocycles. The van der Waals surface area contributed by atoms with Crippen LogP contribution in [0.15, 0.2) is 65.6 Å². The molecule has 13 heteroatoms. The van der Waals surface area contributed by atoms with Crippen LogP contribution in [0.5, 0.6) is 6.01 Å². The second-order valence-electron chi connectivity index (χ2n) is 10.2. The summed E-state index contributed by atoms with van der Waals surface area (Å²) < 4.78 is 10.0. The number of ether oxygens (including phenoxy) is 2. The zero-order chi connectivity index (χ0) is 31.6. The number of nitrogens with zero attached hydrogens (tertiary/aromatic N) is 2. The first kappa shape index (κ1) is 32.5. The summed E-state index contributed by atoms with van der Waals surface area (Å²) in [5.74, 6) is -1.39. The van der Waals surface area contributed by atoms with Crippen molar-refractivity contribution in [2.45, 2.75) is 39.2 Å². The van der Waals surface area contributed by atoms with Gasteiger partial charge in [-0.1, -0.05) is 41.9 Å². The molecule has 0 unspecified atom stereocenters. The number of nitrogens with two attached hydrogens (primary N) is 1. The van der Waals surface area contributed by atoms with Gasteiger partial charge in [0.25, 0.3) is 11.5 Å². The fourth-order valence-corrected chi connectivity index (χ4v) is 3.81. The number of hydrogen-bond acceptors (Lipinski definition) is 8. The molecule has 0 atom stereocenters. The van der Waals surface area contributed by atoms with Crippen molar-refractivity contribution >= 4 is 46.2 Å². The van der Waals surface area contributed by atoms with E-state index >= 15 is 0 Å². The molecule has 0 spiro atoms. The largest absolute Gasteiger partial charge is 0.467 e. The minimum atomic E-state index is -0.715. The SMILES string of the molecule is CC(C)(C)OC(=O)NCCCc1ccccc1.COc1ncc2cc(C(=O)Nc3cc(C(N)=O)ccc3Cl)c(=O)[nH]c2n1. The standard InChI is InChI=1S/C16H12ClN5O4.C14H21NO2/c1-26-16-19-6-8-4-9(15(25)21-13(8)22-16)14(24)20-11-5-7(12(18)23)2-3-10(11)17;1-14(2,3)17-13(16)15-11-7-10-12-8-5-4-6-9-12/h2-6H,1H3,(H2,18,23)(H,20,24)(H,19,21,22,25);4-6,8-9H,7,10-11H2,1-3H3,(H,15,16). The van der Waals surface area contributed by atoms with Crippen LogP contribution < -0.4 is 26.7 Å². The van der Waals surface area contributed by atoms with Gasteiger partial charge in [-0.2, -0.15) is 4.98 Å². The third-order valence-electron chi connectivity index (χ3n) is 5.65. The van der Waals surface area contributed by atoms with Crippen molar-refractivity contribution in [1.82, 2.24) is 20.3 Å². The van der Waals surface area contributed by atoms with Crippen LogP contribution in [-0.2, 0) is 11.2 Å². The zero-order valence-electron chi connectivity index (χ0n) is 24.2. The number of H-pyrrole nitrogens is 1. The molecule has 0 radical (unpaired) electrons. The molecule has 3 amide bonds. The molecule has 4 rings (SSSR count). The smallest absolute Gasteiger partial charge is 0.407 e. The van der Waals surface area contributed by atoms with E-state index in [1.54, 1.807) is 0 Å². The maximum absolute atomic E-state index is 12.5. The summed E-state index contributed by atoms with van der Waals surface area (Å²) in [7, 11) is 1.39. The lowest BCUT2D eigenvalue weighted by molar-refractivity contribution is 0.0527. The van der Waals surface area contributed by atoms with Crippen molar-refractivity contribution in [2.24, 2.45) is 5.73 Å². The van der Waals surface area contributed by atoms with Crippen LogP contribution in [0.3, 0.4) is 0 Å². The molecule has 0 fully saturated rings. The van der Waals surface area contributed by atoms with Gasteiger partial charge >= 0.3 is 12.1 Å². The van der Waals surface area contributed by atoms with Gasteiger partial charge in [-0.15, -0.1) is 0 Å². The molecular formula is C30H33ClN6O6. The number of carbonyl (C=O) groups is 3. The van der Waals surface area contributed by atoms with Crippen LogP contribution in [0.2, 0.25) is 5.02 Å². The van der Waals surface area contributed by atoms with Crippen LogP contribution in [0.1, 0.15) is 53.5 Å². The minimum Gasteiger partial charge on any atom is -0.467 e. The number of halogens is 1. The van der Waals surface area contributed by atoms with Gasteiger partial charge in [-0.25, -0.2) is 9.78 Å². The maximum Gasteiger partial charge on any atom is 0.407 e. The van der Waals surface area contributed by atoms with E-state index in [1.807, 2.05) is 39.0 Å². The lowest BCUT2D eigenvalue weighted by Gasteiger charge is -2.19. The highest BCUT2D eigenvalue weighted by Gasteiger charge is 2.16. The molecule has 2 aromatic carbocycles. The Labute approximate surface area is 253 Å². The Balaban J connectivity index is 0.000000259. The summed E-state index contributed by atoms with van der Waals surface area (Å²) in [5, 5.41) is 5.86. The third-order valence-corrected chi connectivity index (χ3v) is 5.98. The van der Waals surface area contributed by atoms with Crippen LogP contribution >= 0.6 is 11.6 Å². The molecule has 0 aliphatic rings. The van der Waals surface area contributed by atoms with E-state index < -0.39 is 23.0 Å². The highest BCUT2D eigenvalue weighted by Crippen LogP contribution is 2.23. The Morgan fingerprint density at radius 3 is 2.44 bits per heavy atom. The third kappa shape index (κ3) is 10.1. The number of nitrogens with one attached hydrogen (secondary N) is 3. The van der Waals surface area contributed by atoms with E-state index in [-0.39, 0.29) is 39.6 Å². The van der Waals surface area contributed by atoms with Gasteiger partial charge in [-0.3, -0.25) is 14.4 Å². The molecule has 0 aliphatic carbocycles. The number of anilines is 1. The zero-order valence-corrected chi connectivity index (χ0v) is 24.9. The van der Waals surface area contributed by atoms with Crippen LogP contribution in [0.25, 0.3) is 11.0 Å².